The van der Waals surface area contributed by atoms with E-state index in [4.69, 9.17) is 4.42 Å². The maximum atomic E-state index is 12.5. The Labute approximate surface area is 137 Å². The monoisotopic (exact) mass is 327 g/mol. The van der Waals surface area contributed by atoms with Crippen molar-refractivity contribution in [2.24, 2.45) is 0 Å². The van der Waals surface area contributed by atoms with Gasteiger partial charge in [-0.3, -0.25) is 4.79 Å². The van der Waals surface area contributed by atoms with Gasteiger partial charge in [-0.05, 0) is 36.4 Å². The van der Waals surface area contributed by atoms with E-state index in [2.05, 4.69) is 10.3 Å². The number of hydrogen-bond acceptors (Lipinski definition) is 5. The molecule has 1 aliphatic heterocycles. The third-order valence-electron chi connectivity index (χ3n) is 4.10. The summed E-state index contributed by atoms with van der Waals surface area (Å²) >= 11 is 1.65. The second kappa shape index (κ2) is 6.04. The second-order valence-electron chi connectivity index (χ2n) is 5.61. The number of thiophene rings is 1. The van der Waals surface area contributed by atoms with Gasteiger partial charge in [0.25, 0.3) is 6.01 Å². The molecule has 0 aliphatic carbocycles. The molecule has 3 aromatic rings. The molecule has 4 rings (SSSR count). The number of carbonyl (C=O) groups is 1. The first-order valence-electron chi connectivity index (χ1n) is 7.73. The van der Waals surface area contributed by atoms with E-state index in [-0.39, 0.29) is 11.9 Å². The Morgan fingerprint density at radius 2 is 2.26 bits per heavy atom. The van der Waals surface area contributed by atoms with Gasteiger partial charge in [-0.15, -0.1) is 11.3 Å². The van der Waals surface area contributed by atoms with Crippen LogP contribution in [-0.2, 0) is 11.3 Å². The minimum atomic E-state index is -0.206. The fourth-order valence-corrected chi connectivity index (χ4v) is 3.60. The number of carbonyl (C=O) groups excluding carboxylic acids is 1. The maximum absolute atomic E-state index is 12.5. The van der Waals surface area contributed by atoms with Crippen molar-refractivity contribution in [3.05, 3.63) is 46.7 Å². The highest BCUT2D eigenvalue weighted by Gasteiger charge is 2.33. The summed E-state index contributed by atoms with van der Waals surface area (Å²) in [6.45, 7) is 1.37. The quantitative estimate of drug-likeness (QED) is 0.799. The third-order valence-corrected chi connectivity index (χ3v) is 4.98. The van der Waals surface area contributed by atoms with E-state index in [9.17, 15) is 4.79 Å². The van der Waals surface area contributed by atoms with Crippen LogP contribution in [0.15, 0.2) is 46.2 Å². The van der Waals surface area contributed by atoms with Crippen LogP contribution in [0.5, 0.6) is 0 Å². The Kier molecular flexibility index (Phi) is 3.75. The zero-order valence-electron chi connectivity index (χ0n) is 12.6. The van der Waals surface area contributed by atoms with Crippen molar-refractivity contribution < 1.29 is 9.21 Å². The molecule has 0 saturated carbocycles. The minimum absolute atomic E-state index is 0.0400. The molecule has 0 unspecified atom stereocenters. The molecule has 0 radical (unpaired) electrons. The van der Waals surface area contributed by atoms with E-state index < -0.39 is 0 Å². The first-order chi connectivity index (χ1) is 11.3. The van der Waals surface area contributed by atoms with Crippen LogP contribution in [0.4, 0.5) is 6.01 Å². The predicted octanol–water partition coefficient (Wildman–Crippen LogP) is 3.17. The molecule has 1 atom stereocenters. The van der Waals surface area contributed by atoms with Gasteiger partial charge >= 0.3 is 0 Å². The van der Waals surface area contributed by atoms with Crippen molar-refractivity contribution in [3.8, 4) is 0 Å². The Morgan fingerprint density at radius 3 is 3.09 bits per heavy atom. The first kappa shape index (κ1) is 14.3. The number of oxazole rings is 1. The Morgan fingerprint density at radius 1 is 1.35 bits per heavy atom. The van der Waals surface area contributed by atoms with E-state index >= 15 is 0 Å². The fraction of sp³-hybridized carbons (Fsp3) is 0.294. The molecule has 118 valence electrons. The molecule has 1 amide bonds. The van der Waals surface area contributed by atoms with Crippen LogP contribution < -0.4 is 10.2 Å². The Balaban J connectivity index is 1.50. The van der Waals surface area contributed by atoms with Crippen molar-refractivity contribution in [2.75, 3.05) is 11.4 Å². The normalized spacial score (nSPS) is 17.7. The molecule has 1 aromatic carbocycles. The molecule has 0 spiro atoms. The number of fused-ring (bicyclic) bond motifs is 1. The topological polar surface area (TPSA) is 58.4 Å². The average Bonchev–Trinajstić information content (AvgIpc) is 3.31. The van der Waals surface area contributed by atoms with Gasteiger partial charge in [0.15, 0.2) is 5.58 Å². The van der Waals surface area contributed by atoms with Gasteiger partial charge in [-0.1, -0.05) is 18.2 Å². The molecule has 6 heteroatoms. The summed E-state index contributed by atoms with van der Waals surface area (Å²) in [4.78, 5) is 20.2. The van der Waals surface area contributed by atoms with E-state index in [0.29, 0.717) is 12.6 Å². The highest BCUT2D eigenvalue weighted by molar-refractivity contribution is 7.09. The van der Waals surface area contributed by atoms with Gasteiger partial charge in [-0.25, -0.2) is 0 Å². The molecule has 3 heterocycles. The van der Waals surface area contributed by atoms with Gasteiger partial charge in [-0.2, -0.15) is 4.98 Å². The summed E-state index contributed by atoms with van der Waals surface area (Å²) in [5, 5.41) is 5.04. The van der Waals surface area contributed by atoms with Gasteiger partial charge in [0.05, 0.1) is 6.54 Å². The minimum Gasteiger partial charge on any atom is -0.423 e. The summed E-state index contributed by atoms with van der Waals surface area (Å²) in [6, 6.07) is 12.0. The number of anilines is 1. The summed E-state index contributed by atoms with van der Waals surface area (Å²) in [7, 11) is 0. The van der Waals surface area contributed by atoms with Crippen LogP contribution in [0.2, 0.25) is 0 Å². The lowest BCUT2D eigenvalue weighted by molar-refractivity contribution is -0.122. The van der Waals surface area contributed by atoms with Crippen LogP contribution in [0.3, 0.4) is 0 Å². The lowest BCUT2D eigenvalue weighted by Crippen LogP contribution is -2.43. The molecule has 0 bridgehead atoms. The molecule has 1 N–H and O–H groups in total. The second-order valence-corrected chi connectivity index (χ2v) is 6.64. The summed E-state index contributed by atoms with van der Waals surface area (Å²) in [6.07, 6.45) is 1.80. The number of para-hydroxylation sites is 2. The molecule has 23 heavy (non-hydrogen) atoms. The molecular formula is C17H17N3O2S. The maximum Gasteiger partial charge on any atom is 0.299 e. The molecular weight excluding hydrogens is 310 g/mol. The molecule has 2 aromatic heterocycles. The van der Waals surface area contributed by atoms with Crippen molar-refractivity contribution in [1.29, 1.82) is 0 Å². The number of aromatic nitrogens is 1. The smallest absolute Gasteiger partial charge is 0.299 e. The van der Waals surface area contributed by atoms with E-state index in [1.807, 2.05) is 46.7 Å². The van der Waals surface area contributed by atoms with Gasteiger partial charge in [0.2, 0.25) is 5.91 Å². The number of hydrogen-bond donors (Lipinski definition) is 1. The highest BCUT2D eigenvalue weighted by Crippen LogP contribution is 2.28. The van der Waals surface area contributed by atoms with Gasteiger partial charge in [0, 0.05) is 11.4 Å². The van der Waals surface area contributed by atoms with Crippen LogP contribution in [0.1, 0.15) is 17.7 Å². The van der Waals surface area contributed by atoms with Crippen molar-refractivity contribution >= 4 is 34.4 Å². The average molecular weight is 327 g/mol. The number of nitrogens with one attached hydrogen (secondary N) is 1. The van der Waals surface area contributed by atoms with Gasteiger partial charge in [0.1, 0.15) is 11.6 Å². The van der Waals surface area contributed by atoms with E-state index in [0.717, 1.165) is 35.4 Å². The zero-order chi connectivity index (χ0) is 15.6. The highest BCUT2D eigenvalue weighted by atomic mass is 32.1. The number of amides is 1. The molecule has 1 fully saturated rings. The van der Waals surface area contributed by atoms with Crippen molar-refractivity contribution in [1.82, 2.24) is 10.3 Å². The van der Waals surface area contributed by atoms with Crippen LogP contribution in [-0.4, -0.2) is 23.5 Å². The summed E-state index contributed by atoms with van der Waals surface area (Å²) < 4.78 is 5.82. The fourth-order valence-electron chi connectivity index (χ4n) is 2.96. The Bertz CT molecular complexity index is 779. The predicted molar refractivity (Wildman–Crippen MR) is 90.5 cm³/mol. The summed E-state index contributed by atoms with van der Waals surface area (Å²) in [5.74, 6) is 0.0400. The lowest BCUT2D eigenvalue weighted by atomic mass is 10.2. The number of rotatable bonds is 4. The van der Waals surface area contributed by atoms with Crippen LogP contribution >= 0.6 is 11.3 Å². The first-order valence-corrected chi connectivity index (χ1v) is 8.61. The standard InChI is InChI=1S/C17H17N3O2S/c21-16(18-11-12-5-4-10-23-12)14-7-3-9-20(14)17-19-13-6-1-2-8-15(13)22-17/h1-2,4-6,8,10,14H,3,7,9,11H2,(H,18,21)/t14-/m1/s1. The van der Waals surface area contributed by atoms with Crippen LogP contribution in [0, 0.1) is 0 Å². The van der Waals surface area contributed by atoms with Crippen molar-refractivity contribution in [3.63, 3.8) is 0 Å². The Hall–Kier alpha value is -2.34. The molecule has 5 nitrogen and oxygen atoms in total. The molecule has 1 saturated heterocycles. The lowest BCUT2D eigenvalue weighted by Gasteiger charge is -2.21. The number of nitrogens with zero attached hydrogens (tertiary/aromatic N) is 2. The largest absolute Gasteiger partial charge is 0.423 e. The van der Waals surface area contributed by atoms with Gasteiger partial charge < -0.3 is 14.6 Å². The summed E-state index contributed by atoms with van der Waals surface area (Å²) in [5.41, 5.74) is 1.58. The number of benzene rings is 1. The zero-order valence-corrected chi connectivity index (χ0v) is 13.4. The third kappa shape index (κ3) is 2.82. The van der Waals surface area contributed by atoms with E-state index in [1.165, 1.54) is 0 Å². The van der Waals surface area contributed by atoms with E-state index in [1.54, 1.807) is 11.3 Å². The molecule has 1 aliphatic rings. The van der Waals surface area contributed by atoms with Crippen LogP contribution in [0.25, 0.3) is 11.1 Å². The SMILES string of the molecule is O=C(NCc1cccs1)[C@H]1CCCN1c1nc2ccccc2o1. The van der Waals surface area contributed by atoms with Crippen molar-refractivity contribution in [2.45, 2.75) is 25.4 Å².